The van der Waals surface area contributed by atoms with Gasteiger partial charge in [0.05, 0.1) is 32.2 Å². The van der Waals surface area contributed by atoms with E-state index >= 15 is 0 Å². The Labute approximate surface area is 205 Å². The quantitative estimate of drug-likeness (QED) is 0.229. The van der Waals surface area contributed by atoms with Gasteiger partial charge in [0, 0.05) is 13.1 Å². The van der Waals surface area contributed by atoms with Crippen LogP contribution in [0.3, 0.4) is 0 Å². The van der Waals surface area contributed by atoms with Crippen molar-refractivity contribution in [2.45, 2.75) is 104 Å². The minimum Gasteiger partial charge on any atom is -0.466 e. The lowest BCUT2D eigenvalue weighted by atomic mass is 10.1. The Morgan fingerprint density at radius 1 is 0.771 bits per heavy atom. The first-order chi connectivity index (χ1) is 16.6. The Morgan fingerprint density at radius 3 is 1.66 bits per heavy atom. The number of nitrogens with one attached hydrogen (secondary N) is 1. The number of aliphatic hydroxyl groups is 1. The number of carbonyl (C=O) groups excluding carboxylic acids is 2. The van der Waals surface area contributed by atoms with E-state index in [1.807, 2.05) is 4.98 Å². The van der Waals surface area contributed by atoms with E-state index in [1.165, 1.54) is 0 Å². The van der Waals surface area contributed by atoms with Crippen molar-refractivity contribution in [1.29, 1.82) is 0 Å². The van der Waals surface area contributed by atoms with Crippen LogP contribution in [0.15, 0.2) is 14.4 Å². The van der Waals surface area contributed by atoms with E-state index in [2.05, 4.69) is 13.8 Å². The molecule has 1 heterocycles. The predicted octanol–water partition coefficient (Wildman–Crippen LogP) is 1.72. The SMILES string of the molecule is CC(C)CCCCCOC(=O)CCn1c(=O)[nH]c(=O)n(CCC(=O)OCCCCCC(C)O)c1=O. The largest absolute Gasteiger partial charge is 0.466 e. The molecule has 0 aromatic carbocycles. The number of nitrogens with zero attached hydrogens (tertiary/aromatic N) is 2. The average molecular weight is 500 g/mol. The number of unbranched alkanes of at least 4 members (excludes halogenated alkanes) is 4. The first-order valence-corrected chi connectivity index (χ1v) is 12.5. The van der Waals surface area contributed by atoms with Crippen molar-refractivity contribution in [2.24, 2.45) is 5.92 Å². The molecule has 35 heavy (non-hydrogen) atoms. The van der Waals surface area contributed by atoms with E-state index in [1.54, 1.807) is 6.92 Å². The molecule has 0 saturated carbocycles. The zero-order chi connectivity index (χ0) is 26.2. The van der Waals surface area contributed by atoms with Gasteiger partial charge in [-0.05, 0) is 38.5 Å². The van der Waals surface area contributed by atoms with Gasteiger partial charge in [-0.15, -0.1) is 0 Å². The molecule has 0 saturated heterocycles. The standard InChI is InChI=1S/C24H41N3O8/c1-18(2)10-6-4-8-16-34-20(29)12-14-26-22(31)25-23(32)27(24(26)33)15-13-21(30)35-17-9-5-7-11-19(3)28/h18-19,28H,4-17H2,1-3H3,(H,25,31,32). The maximum atomic E-state index is 12.6. The fraction of sp³-hybridized carbons (Fsp3) is 0.792. The summed E-state index contributed by atoms with van der Waals surface area (Å²) in [4.78, 5) is 62.6. The van der Waals surface area contributed by atoms with Crippen LogP contribution in [0.1, 0.15) is 85.0 Å². The summed E-state index contributed by atoms with van der Waals surface area (Å²) >= 11 is 0. The average Bonchev–Trinajstić information content (AvgIpc) is 2.77. The van der Waals surface area contributed by atoms with Gasteiger partial charge in [-0.2, -0.15) is 0 Å². The summed E-state index contributed by atoms with van der Waals surface area (Å²) in [5, 5.41) is 9.21. The molecule has 0 bridgehead atoms. The molecule has 11 heteroatoms. The number of H-pyrrole nitrogens is 1. The second-order valence-electron chi connectivity index (χ2n) is 9.20. The Bertz CT molecular complexity index is 874. The highest BCUT2D eigenvalue weighted by molar-refractivity contribution is 5.69. The van der Waals surface area contributed by atoms with E-state index in [-0.39, 0.29) is 45.2 Å². The first kappa shape index (κ1) is 30.3. The molecule has 0 aliphatic heterocycles. The lowest BCUT2D eigenvalue weighted by molar-refractivity contribution is -0.144. The Kier molecular flexibility index (Phi) is 14.6. The topological polar surface area (TPSA) is 150 Å². The van der Waals surface area contributed by atoms with Gasteiger partial charge >= 0.3 is 29.0 Å². The van der Waals surface area contributed by atoms with Crippen LogP contribution in [0.5, 0.6) is 0 Å². The lowest BCUT2D eigenvalue weighted by Crippen LogP contribution is -2.49. The van der Waals surface area contributed by atoms with Crippen molar-refractivity contribution in [3.63, 3.8) is 0 Å². The van der Waals surface area contributed by atoms with Crippen LogP contribution in [-0.4, -0.2) is 50.5 Å². The molecule has 0 fully saturated rings. The minimum atomic E-state index is -0.925. The van der Waals surface area contributed by atoms with Gasteiger partial charge in [-0.25, -0.2) is 23.5 Å². The van der Waals surface area contributed by atoms with Gasteiger partial charge in [0.25, 0.3) is 0 Å². The monoisotopic (exact) mass is 499 g/mol. The van der Waals surface area contributed by atoms with Crippen molar-refractivity contribution in [1.82, 2.24) is 14.1 Å². The molecule has 0 aliphatic carbocycles. The second kappa shape index (κ2) is 16.9. The van der Waals surface area contributed by atoms with Crippen LogP contribution < -0.4 is 17.1 Å². The predicted molar refractivity (Wildman–Crippen MR) is 130 cm³/mol. The van der Waals surface area contributed by atoms with Crippen molar-refractivity contribution in [3.05, 3.63) is 31.5 Å². The first-order valence-electron chi connectivity index (χ1n) is 12.5. The van der Waals surface area contributed by atoms with E-state index in [9.17, 15) is 29.1 Å². The molecule has 200 valence electrons. The van der Waals surface area contributed by atoms with Crippen LogP contribution in [0.2, 0.25) is 0 Å². The summed E-state index contributed by atoms with van der Waals surface area (Å²) in [5.74, 6) is -0.462. The van der Waals surface area contributed by atoms with E-state index in [0.29, 0.717) is 18.8 Å². The van der Waals surface area contributed by atoms with Crippen LogP contribution in [0.4, 0.5) is 0 Å². The Balaban J connectivity index is 2.48. The molecular weight excluding hydrogens is 458 g/mol. The molecule has 11 nitrogen and oxygen atoms in total. The molecular formula is C24H41N3O8. The van der Waals surface area contributed by atoms with Gasteiger partial charge < -0.3 is 14.6 Å². The summed E-state index contributed by atoms with van der Waals surface area (Å²) in [7, 11) is 0. The van der Waals surface area contributed by atoms with Gasteiger partial charge in [-0.1, -0.05) is 39.5 Å². The number of hydrogen-bond donors (Lipinski definition) is 2. The summed E-state index contributed by atoms with van der Waals surface area (Å²) < 4.78 is 11.7. The summed E-state index contributed by atoms with van der Waals surface area (Å²) in [6, 6.07) is 0. The summed E-state index contributed by atoms with van der Waals surface area (Å²) in [5.41, 5.74) is -2.74. The zero-order valence-corrected chi connectivity index (χ0v) is 21.3. The number of aliphatic hydroxyl groups excluding tert-OH is 1. The van der Waals surface area contributed by atoms with Crippen LogP contribution in [0, 0.1) is 5.92 Å². The maximum absolute atomic E-state index is 12.6. The molecule has 1 unspecified atom stereocenters. The van der Waals surface area contributed by atoms with Crippen molar-refractivity contribution in [3.8, 4) is 0 Å². The van der Waals surface area contributed by atoms with Gasteiger partial charge in [0.2, 0.25) is 0 Å². The molecule has 0 amide bonds. The van der Waals surface area contributed by atoms with E-state index < -0.39 is 29.0 Å². The number of hydrogen-bond acceptors (Lipinski definition) is 8. The molecule has 2 N–H and O–H groups in total. The Morgan fingerprint density at radius 2 is 1.23 bits per heavy atom. The molecule has 0 spiro atoms. The third kappa shape index (κ3) is 13.1. The third-order valence-electron chi connectivity index (χ3n) is 5.46. The normalized spacial score (nSPS) is 12.0. The number of aromatic amines is 1. The molecule has 0 radical (unpaired) electrons. The van der Waals surface area contributed by atoms with E-state index in [4.69, 9.17) is 9.47 Å². The number of carbonyl (C=O) groups is 2. The molecule has 1 atom stereocenters. The van der Waals surface area contributed by atoms with Gasteiger partial charge in [-0.3, -0.25) is 14.6 Å². The molecule has 1 aromatic rings. The maximum Gasteiger partial charge on any atom is 0.336 e. The van der Waals surface area contributed by atoms with Crippen LogP contribution in [-0.2, 0) is 32.2 Å². The lowest BCUT2D eigenvalue weighted by Gasteiger charge is -2.10. The third-order valence-corrected chi connectivity index (χ3v) is 5.46. The second-order valence-corrected chi connectivity index (χ2v) is 9.20. The highest BCUT2D eigenvalue weighted by Gasteiger charge is 2.14. The number of aromatic nitrogens is 3. The smallest absolute Gasteiger partial charge is 0.336 e. The number of ether oxygens (including phenoxy) is 2. The summed E-state index contributed by atoms with van der Waals surface area (Å²) in [6.07, 6.45) is 6.12. The molecule has 1 aromatic heterocycles. The zero-order valence-electron chi connectivity index (χ0n) is 21.3. The molecule has 0 aliphatic rings. The minimum absolute atomic E-state index is 0.190. The van der Waals surface area contributed by atoms with Crippen LogP contribution in [0.25, 0.3) is 0 Å². The van der Waals surface area contributed by atoms with Crippen molar-refractivity contribution >= 4 is 11.9 Å². The van der Waals surface area contributed by atoms with Crippen molar-refractivity contribution < 1.29 is 24.2 Å². The number of esters is 2. The van der Waals surface area contributed by atoms with Gasteiger partial charge in [0.15, 0.2) is 0 Å². The fourth-order valence-electron chi connectivity index (χ4n) is 3.41. The summed E-state index contributed by atoms with van der Waals surface area (Å²) in [6.45, 7) is 6.03. The van der Waals surface area contributed by atoms with Gasteiger partial charge in [0.1, 0.15) is 0 Å². The molecule has 1 rings (SSSR count). The Hall–Kier alpha value is -2.69. The van der Waals surface area contributed by atoms with Crippen molar-refractivity contribution in [2.75, 3.05) is 13.2 Å². The number of rotatable bonds is 18. The fourth-order valence-corrected chi connectivity index (χ4v) is 3.41. The highest BCUT2D eigenvalue weighted by atomic mass is 16.5. The van der Waals surface area contributed by atoms with Crippen LogP contribution >= 0.6 is 0 Å². The highest BCUT2D eigenvalue weighted by Crippen LogP contribution is 2.08. The van der Waals surface area contributed by atoms with E-state index in [0.717, 1.165) is 47.7 Å².